The Morgan fingerprint density at radius 1 is 1.61 bits per heavy atom. The number of rotatable bonds is 4. The number of ether oxygens (including phenoxy) is 1. The molecule has 0 aromatic carbocycles. The van der Waals surface area contributed by atoms with Gasteiger partial charge in [-0.2, -0.15) is 5.26 Å². The molecule has 0 radical (unpaired) electrons. The molecule has 1 spiro atoms. The summed E-state index contributed by atoms with van der Waals surface area (Å²) in [7, 11) is 0. The van der Waals surface area contributed by atoms with Gasteiger partial charge in [-0.05, 0) is 19.9 Å². The average Bonchev–Trinajstić information content (AvgIpc) is 2.90. The number of carbonyl (C=O) groups excluding carboxylic acids is 2. The van der Waals surface area contributed by atoms with Gasteiger partial charge in [0.15, 0.2) is 0 Å². The minimum Gasteiger partial charge on any atom is -0.362 e. The van der Waals surface area contributed by atoms with E-state index in [1.54, 1.807) is 6.92 Å². The molecule has 98 valence electrons. The molecule has 7 heteroatoms. The van der Waals surface area contributed by atoms with Crippen LogP contribution in [0.3, 0.4) is 0 Å². The predicted molar refractivity (Wildman–Crippen MR) is 61.5 cm³/mol. The van der Waals surface area contributed by atoms with Crippen molar-refractivity contribution in [3.8, 4) is 6.07 Å². The quantitative estimate of drug-likeness (QED) is 0.639. The van der Waals surface area contributed by atoms with Crippen LogP contribution in [0.1, 0.15) is 13.3 Å². The number of amides is 3. The fourth-order valence-corrected chi connectivity index (χ4v) is 2.22. The van der Waals surface area contributed by atoms with E-state index in [9.17, 15) is 9.59 Å². The predicted octanol–water partition coefficient (Wildman–Crippen LogP) is -0.801. The van der Waals surface area contributed by atoms with Gasteiger partial charge in [-0.25, -0.2) is 4.79 Å². The Morgan fingerprint density at radius 2 is 2.39 bits per heavy atom. The summed E-state index contributed by atoms with van der Waals surface area (Å²) in [5, 5.41) is 14.4. The number of hydrogen-bond acceptors (Lipinski definition) is 5. The zero-order valence-corrected chi connectivity index (χ0v) is 10.2. The van der Waals surface area contributed by atoms with Gasteiger partial charge in [0.05, 0.1) is 19.2 Å². The minimum absolute atomic E-state index is 0.178. The van der Waals surface area contributed by atoms with Crippen LogP contribution in [-0.2, 0) is 9.53 Å². The molecule has 2 rings (SSSR count). The first-order valence-electron chi connectivity index (χ1n) is 5.95. The normalized spacial score (nSPS) is 28.6. The molecule has 2 heterocycles. The van der Waals surface area contributed by atoms with Gasteiger partial charge in [-0.3, -0.25) is 9.69 Å². The van der Waals surface area contributed by atoms with Crippen LogP contribution in [0.25, 0.3) is 0 Å². The monoisotopic (exact) mass is 252 g/mol. The largest absolute Gasteiger partial charge is 0.362 e. The Balaban J connectivity index is 1.92. The van der Waals surface area contributed by atoms with Crippen molar-refractivity contribution in [3.05, 3.63) is 0 Å². The summed E-state index contributed by atoms with van der Waals surface area (Å²) in [6.45, 7) is 3.18. The van der Waals surface area contributed by atoms with Crippen LogP contribution in [0.4, 0.5) is 4.79 Å². The fraction of sp³-hybridized carbons (Fsp3) is 0.727. The summed E-state index contributed by atoms with van der Waals surface area (Å²) in [5.41, 5.74) is -0.766. The number of nitrogens with zero attached hydrogens (tertiary/aromatic N) is 2. The van der Waals surface area contributed by atoms with E-state index >= 15 is 0 Å². The molecule has 0 bridgehead atoms. The first-order chi connectivity index (χ1) is 8.59. The summed E-state index contributed by atoms with van der Waals surface area (Å²) in [6, 6.07) is 1.55. The number of hydrogen-bond donors (Lipinski definition) is 2. The van der Waals surface area contributed by atoms with E-state index in [4.69, 9.17) is 10.00 Å². The summed E-state index contributed by atoms with van der Waals surface area (Å²) in [4.78, 5) is 25.1. The highest BCUT2D eigenvalue weighted by Crippen LogP contribution is 2.23. The van der Waals surface area contributed by atoms with Crippen LogP contribution in [0, 0.1) is 11.3 Å². The highest BCUT2D eigenvalue weighted by atomic mass is 16.5. The lowest BCUT2D eigenvalue weighted by atomic mass is 9.99. The summed E-state index contributed by atoms with van der Waals surface area (Å²) < 4.78 is 5.15. The van der Waals surface area contributed by atoms with Gasteiger partial charge in [0, 0.05) is 6.54 Å². The molecule has 0 saturated carbocycles. The molecule has 2 aliphatic rings. The molecule has 18 heavy (non-hydrogen) atoms. The Morgan fingerprint density at radius 3 is 3.00 bits per heavy atom. The Labute approximate surface area is 105 Å². The third-order valence-corrected chi connectivity index (χ3v) is 3.27. The van der Waals surface area contributed by atoms with Gasteiger partial charge < -0.3 is 15.4 Å². The first-order valence-corrected chi connectivity index (χ1v) is 5.95. The van der Waals surface area contributed by atoms with Gasteiger partial charge in [0.2, 0.25) is 0 Å². The van der Waals surface area contributed by atoms with E-state index in [0.717, 1.165) is 11.4 Å². The standard InChI is InChI=1S/C11H16N4O3/c1-8(6-12)18-5-4-15-9(16)11(14-10(15)17)2-3-13-7-11/h8,13H,2-5,7H2,1H3,(H,14,17). The second-order valence-corrected chi connectivity index (χ2v) is 4.54. The lowest BCUT2D eigenvalue weighted by Crippen LogP contribution is -2.48. The van der Waals surface area contributed by atoms with Crippen LogP contribution < -0.4 is 10.6 Å². The van der Waals surface area contributed by atoms with Crippen molar-refractivity contribution in [3.63, 3.8) is 0 Å². The highest BCUT2D eigenvalue weighted by molar-refractivity contribution is 6.07. The maximum atomic E-state index is 12.2. The first kappa shape index (κ1) is 12.8. The zero-order chi connectivity index (χ0) is 13.2. The number of carbonyl (C=O) groups is 2. The van der Waals surface area contributed by atoms with Crippen molar-refractivity contribution >= 4 is 11.9 Å². The van der Waals surface area contributed by atoms with Gasteiger partial charge in [-0.1, -0.05) is 0 Å². The van der Waals surface area contributed by atoms with Crippen molar-refractivity contribution in [1.29, 1.82) is 5.26 Å². The number of imide groups is 1. The minimum atomic E-state index is -0.766. The topological polar surface area (TPSA) is 94.5 Å². The molecular formula is C11H16N4O3. The summed E-state index contributed by atoms with van der Waals surface area (Å²) >= 11 is 0. The molecule has 2 aliphatic heterocycles. The van der Waals surface area contributed by atoms with E-state index in [1.165, 1.54) is 0 Å². The van der Waals surface area contributed by atoms with Crippen molar-refractivity contribution in [2.45, 2.75) is 25.0 Å². The van der Waals surface area contributed by atoms with Crippen LogP contribution >= 0.6 is 0 Å². The molecule has 2 unspecified atom stereocenters. The third-order valence-electron chi connectivity index (χ3n) is 3.27. The van der Waals surface area contributed by atoms with E-state index in [-0.39, 0.29) is 25.1 Å². The molecule has 2 saturated heterocycles. The van der Waals surface area contributed by atoms with Crippen molar-refractivity contribution in [2.75, 3.05) is 26.2 Å². The van der Waals surface area contributed by atoms with Crippen molar-refractivity contribution in [2.24, 2.45) is 0 Å². The van der Waals surface area contributed by atoms with E-state index in [0.29, 0.717) is 13.0 Å². The van der Waals surface area contributed by atoms with Crippen LogP contribution in [-0.4, -0.2) is 54.7 Å². The summed E-state index contributed by atoms with van der Waals surface area (Å²) in [6.07, 6.45) is 0.0802. The summed E-state index contributed by atoms with van der Waals surface area (Å²) in [5.74, 6) is -0.203. The van der Waals surface area contributed by atoms with Crippen molar-refractivity contribution < 1.29 is 14.3 Å². The molecule has 0 aromatic rings. The zero-order valence-electron chi connectivity index (χ0n) is 10.2. The highest BCUT2D eigenvalue weighted by Gasteiger charge is 2.52. The van der Waals surface area contributed by atoms with Gasteiger partial charge in [0.1, 0.15) is 11.6 Å². The Kier molecular flexibility index (Phi) is 3.50. The average molecular weight is 252 g/mol. The SMILES string of the molecule is CC(C#N)OCCN1C(=O)NC2(CCNC2)C1=O. The van der Waals surface area contributed by atoms with Crippen LogP contribution in [0.2, 0.25) is 0 Å². The lowest BCUT2D eigenvalue weighted by Gasteiger charge is -2.19. The molecule has 2 N–H and O–H groups in total. The molecule has 0 aliphatic carbocycles. The molecule has 0 aromatic heterocycles. The van der Waals surface area contributed by atoms with Gasteiger partial charge in [0.25, 0.3) is 5.91 Å². The molecule has 2 atom stereocenters. The Bertz CT molecular complexity index is 398. The number of urea groups is 1. The van der Waals surface area contributed by atoms with E-state index in [2.05, 4.69) is 10.6 Å². The molecule has 7 nitrogen and oxygen atoms in total. The molecular weight excluding hydrogens is 236 g/mol. The van der Waals surface area contributed by atoms with E-state index < -0.39 is 11.6 Å². The van der Waals surface area contributed by atoms with Crippen LogP contribution in [0.15, 0.2) is 0 Å². The second-order valence-electron chi connectivity index (χ2n) is 4.54. The van der Waals surface area contributed by atoms with Gasteiger partial charge >= 0.3 is 6.03 Å². The number of nitrogens with one attached hydrogen (secondary N) is 2. The van der Waals surface area contributed by atoms with Crippen molar-refractivity contribution in [1.82, 2.24) is 15.5 Å². The van der Waals surface area contributed by atoms with Gasteiger partial charge in [-0.15, -0.1) is 0 Å². The third kappa shape index (κ3) is 2.17. The number of nitriles is 1. The Hall–Kier alpha value is -1.65. The molecule has 3 amide bonds. The second kappa shape index (κ2) is 4.92. The lowest BCUT2D eigenvalue weighted by molar-refractivity contribution is -0.131. The fourth-order valence-electron chi connectivity index (χ4n) is 2.22. The van der Waals surface area contributed by atoms with E-state index in [1.807, 2.05) is 6.07 Å². The van der Waals surface area contributed by atoms with Crippen LogP contribution in [0.5, 0.6) is 0 Å². The smallest absolute Gasteiger partial charge is 0.325 e. The maximum absolute atomic E-state index is 12.2. The maximum Gasteiger partial charge on any atom is 0.325 e. The molecule has 2 fully saturated rings.